The number of ether oxygens (including phenoxy) is 2. The smallest absolute Gasteiger partial charge is 0.262 e. The Kier molecular flexibility index (Phi) is 6.40. The minimum atomic E-state index is -0.301. The number of hydrogen-bond donors (Lipinski definition) is 2. The Labute approximate surface area is 188 Å². The van der Waals surface area contributed by atoms with Gasteiger partial charge in [0.15, 0.2) is 11.5 Å². The highest BCUT2D eigenvalue weighted by Crippen LogP contribution is 2.32. The van der Waals surface area contributed by atoms with Gasteiger partial charge in [0.05, 0.1) is 11.7 Å². The number of hydrogen-bond acceptors (Lipinski definition) is 7. The van der Waals surface area contributed by atoms with Crippen LogP contribution in [0.15, 0.2) is 29.3 Å². The van der Waals surface area contributed by atoms with Crippen molar-refractivity contribution < 1.29 is 19.1 Å². The van der Waals surface area contributed by atoms with Crippen LogP contribution >= 0.6 is 11.3 Å². The fourth-order valence-corrected chi connectivity index (χ4v) is 4.40. The molecule has 0 saturated heterocycles. The van der Waals surface area contributed by atoms with Crippen LogP contribution < -0.4 is 25.7 Å². The van der Waals surface area contributed by atoms with Crippen molar-refractivity contribution in [2.24, 2.45) is 0 Å². The van der Waals surface area contributed by atoms with Crippen molar-refractivity contribution in [2.75, 3.05) is 25.1 Å². The molecule has 2 aromatic heterocycles. The van der Waals surface area contributed by atoms with E-state index in [2.05, 4.69) is 15.6 Å². The van der Waals surface area contributed by atoms with Gasteiger partial charge in [-0.25, -0.2) is 4.98 Å². The molecule has 32 heavy (non-hydrogen) atoms. The van der Waals surface area contributed by atoms with Gasteiger partial charge in [0, 0.05) is 29.6 Å². The van der Waals surface area contributed by atoms with Crippen LogP contribution in [0, 0.1) is 13.8 Å². The summed E-state index contributed by atoms with van der Waals surface area (Å²) in [4.78, 5) is 43.1. The molecule has 3 heterocycles. The molecule has 1 aromatic carbocycles. The van der Waals surface area contributed by atoms with Crippen LogP contribution in [-0.2, 0) is 16.1 Å². The zero-order valence-corrected chi connectivity index (χ0v) is 18.7. The molecule has 1 aliphatic rings. The van der Waals surface area contributed by atoms with Gasteiger partial charge in [-0.3, -0.25) is 19.0 Å². The Bertz CT molecular complexity index is 1230. The van der Waals surface area contributed by atoms with Crippen molar-refractivity contribution in [3.05, 3.63) is 45.3 Å². The first-order valence-corrected chi connectivity index (χ1v) is 11.2. The summed E-state index contributed by atoms with van der Waals surface area (Å²) in [7, 11) is 0. The summed E-state index contributed by atoms with van der Waals surface area (Å²) < 4.78 is 12.3. The molecular formula is C22H24N4O5S. The standard InChI is InChI=1S/C22H24N4O5S/c1-13-14(2)32-21-20(13)22(29)26(12-24-21)11-19(28)23-7-3-4-18(27)25-15-5-6-16-17(10-15)31-9-8-30-16/h5-6,10,12H,3-4,7-9,11H2,1-2H3,(H,23,28)(H,25,27). The van der Waals surface area contributed by atoms with Gasteiger partial charge in [-0.1, -0.05) is 0 Å². The normalized spacial score (nSPS) is 12.6. The van der Waals surface area contributed by atoms with E-state index in [0.717, 1.165) is 10.4 Å². The summed E-state index contributed by atoms with van der Waals surface area (Å²) in [5.74, 6) is 0.807. The Hall–Kier alpha value is -3.40. The number of carbonyl (C=O) groups is 2. The van der Waals surface area contributed by atoms with E-state index in [1.807, 2.05) is 13.8 Å². The molecular weight excluding hydrogens is 432 g/mol. The first-order chi connectivity index (χ1) is 15.4. The van der Waals surface area contributed by atoms with Crippen molar-refractivity contribution in [3.8, 4) is 11.5 Å². The van der Waals surface area contributed by atoms with E-state index in [0.29, 0.717) is 53.6 Å². The molecule has 2 N–H and O–H groups in total. The lowest BCUT2D eigenvalue weighted by molar-refractivity contribution is -0.122. The Morgan fingerprint density at radius 3 is 2.75 bits per heavy atom. The number of aryl methyl sites for hydroxylation is 2. The number of nitrogens with zero attached hydrogens (tertiary/aromatic N) is 2. The maximum absolute atomic E-state index is 12.7. The zero-order chi connectivity index (χ0) is 22.7. The molecule has 4 rings (SSSR count). The van der Waals surface area contributed by atoms with E-state index in [1.54, 1.807) is 18.2 Å². The van der Waals surface area contributed by atoms with E-state index in [9.17, 15) is 14.4 Å². The SMILES string of the molecule is Cc1sc2ncn(CC(=O)NCCCC(=O)Nc3ccc4c(c3)OCCO4)c(=O)c2c1C. The summed E-state index contributed by atoms with van der Waals surface area (Å²) >= 11 is 1.47. The van der Waals surface area contributed by atoms with Crippen molar-refractivity contribution in [3.63, 3.8) is 0 Å². The van der Waals surface area contributed by atoms with Crippen molar-refractivity contribution in [1.29, 1.82) is 0 Å². The topological polar surface area (TPSA) is 112 Å². The average Bonchev–Trinajstić information content (AvgIpc) is 3.07. The Morgan fingerprint density at radius 2 is 1.94 bits per heavy atom. The van der Waals surface area contributed by atoms with Gasteiger partial charge in [-0.2, -0.15) is 0 Å². The number of benzene rings is 1. The monoisotopic (exact) mass is 456 g/mol. The molecule has 10 heteroatoms. The van der Waals surface area contributed by atoms with Crippen LogP contribution in [0.2, 0.25) is 0 Å². The zero-order valence-electron chi connectivity index (χ0n) is 17.9. The fourth-order valence-electron chi connectivity index (χ4n) is 3.41. The molecule has 0 radical (unpaired) electrons. The number of rotatable bonds is 7. The lowest BCUT2D eigenvalue weighted by Crippen LogP contribution is -2.33. The van der Waals surface area contributed by atoms with Crippen molar-refractivity contribution in [1.82, 2.24) is 14.9 Å². The van der Waals surface area contributed by atoms with Gasteiger partial charge in [-0.05, 0) is 38.0 Å². The molecule has 3 aromatic rings. The maximum Gasteiger partial charge on any atom is 0.262 e. The molecule has 0 spiro atoms. The molecule has 0 fully saturated rings. The van der Waals surface area contributed by atoms with Crippen molar-refractivity contribution >= 4 is 39.1 Å². The van der Waals surface area contributed by atoms with Gasteiger partial charge in [0.25, 0.3) is 5.56 Å². The number of nitrogens with one attached hydrogen (secondary N) is 2. The maximum atomic E-state index is 12.7. The molecule has 0 atom stereocenters. The second-order valence-corrected chi connectivity index (χ2v) is 8.70. The largest absolute Gasteiger partial charge is 0.486 e. The minimum Gasteiger partial charge on any atom is -0.486 e. The fraction of sp³-hybridized carbons (Fsp3) is 0.364. The van der Waals surface area contributed by atoms with Crippen LogP contribution in [0.5, 0.6) is 11.5 Å². The number of carbonyl (C=O) groups excluding carboxylic acids is 2. The summed E-state index contributed by atoms with van der Waals surface area (Å²) in [6.45, 7) is 5.04. The predicted octanol–water partition coefficient (Wildman–Crippen LogP) is 2.38. The highest BCUT2D eigenvalue weighted by atomic mass is 32.1. The van der Waals surface area contributed by atoms with E-state index in [-0.39, 0.29) is 30.3 Å². The van der Waals surface area contributed by atoms with Crippen LogP contribution in [0.1, 0.15) is 23.3 Å². The molecule has 0 aliphatic carbocycles. The molecule has 0 saturated carbocycles. The lowest BCUT2D eigenvalue weighted by atomic mass is 10.2. The number of amides is 2. The molecule has 0 unspecified atom stereocenters. The third-order valence-electron chi connectivity index (χ3n) is 5.20. The molecule has 1 aliphatic heterocycles. The molecule has 0 bridgehead atoms. The van der Waals surface area contributed by atoms with Crippen molar-refractivity contribution in [2.45, 2.75) is 33.2 Å². The highest BCUT2D eigenvalue weighted by molar-refractivity contribution is 7.18. The first kappa shape index (κ1) is 21.8. The quantitative estimate of drug-likeness (QED) is 0.528. The lowest BCUT2D eigenvalue weighted by Gasteiger charge is -2.19. The second kappa shape index (κ2) is 9.39. The number of anilines is 1. The van der Waals surface area contributed by atoms with E-state index in [1.165, 1.54) is 22.2 Å². The third kappa shape index (κ3) is 4.75. The average molecular weight is 457 g/mol. The Balaban J connectivity index is 1.23. The second-order valence-electron chi connectivity index (χ2n) is 7.50. The number of thiophene rings is 1. The van der Waals surface area contributed by atoms with Gasteiger partial charge < -0.3 is 20.1 Å². The molecule has 168 valence electrons. The van der Waals surface area contributed by atoms with Crippen LogP contribution in [0.25, 0.3) is 10.2 Å². The van der Waals surface area contributed by atoms with Gasteiger partial charge >= 0.3 is 0 Å². The number of fused-ring (bicyclic) bond motifs is 2. The highest BCUT2D eigenvalue weighted by Gasteiger charge is 2.14. The van der Waals surface area contributed by atoms with E-state index in [4.69, 9.17) is 9.47 Å². The van der Waals surface area contributed by atoms with Crippen LogP contribution in [-0.4, -0.2) is 41.1 Å². The van der Waals surface area contributed by atoms with E-state index < -0.39 is 0 Å². The van der Waals surface area contributed by atoms with Gasteiger partial charge in [0.2, 0.25) is 11.8 Å². The molecule has 9 nitrogen and oxygen atoms in total. The van der Waals surface area contributed by atoms with Crippen LogP contribution in [0.3, 0.4) is 0 Å². The summed E-state index contributed by atoms with van der Waals surface area (Å²) in [5, 5.41) is 6.13. The van der Waals surface area contributed by atoms with Crippen LogP contribution in [0.4, 0.5) is 5.69 Å². The predicted molar refractivity (Wildman–Crippen MR) is 122 cm³/mol. The summed E-state index contributed by atoms with van der Waals surface area (Å²) in [5.41, 5.74) is 1.32. The minimum absolute atomic E-state index is 0.112. The third-order valence-corrected chi connectivity index (χ3v) is 6.31. The van der Waals surface area contributed by atoms with E-state index >= 15 is 0 Å². The summed E-state index contributed by atoms with van der Waals surface area (Å²) in [6, 6.07) is 5.25. The van der Waals surface area contributed by atoms with Gasteiger partial charge in [-0.15, -0.1) is 11.3 Å². The summed E-state index contributed by atoms with van der Waals surface area (Å²) in [6.07, 6.45) is 2.12. The Morgan fingerprint density at radius 1 is 1.16 bits per heavy atom. The van der Waals surface area contributed by atoms with Gasteiger partial charge in [0.1, 0.15) is 24.6 Å². The number of aromatic nitrogens is 2. The first-order valence-electron chi connectivity index (χ1n) is 10.3. The molecule has 2 amide bonds.